The summed E-state index contributed by atoms with van der Waals surface area (Å²) in [6, 6.07) is 6.47. The van der Waals surface area contributed by atoms with E-state index in [-0.39, 0.29) is 11.8 Å². The van der Waals surface area contributed by atoms with Crippen molar-refractivity contribution < 1.29 is 9.59 Å². The first-order chi connectivity index (χ1) is 10.1. The van der Waals surface area contributed by atoms with Gasteiger partial charge in [-0.3, -0.25) is 14.5 Å². The van der Waals surface area contributed by atoms with Gasteiger partial charge in [0, 0.05) is 6.20 Å². The van der Waals surface area contributed by atoms with Crippen molar-refractivity contribution in [3.05, 3.63) is 58.1 Å². The van der Waals surface area contributed by atoms with Crippen LogP contribution in [-0.2, 0) is 0 Å². The Hall–Kier alpha value is -2.08. The lowest BCUT2D eigenvalue weighted by molar-refractivity contribution is 0.0573. The second-order valence-corrected chi connectivity index (χ2v) is 5.56. The van der Waals surface area contributed by atoms with Gasteiger partial charge in [0.15, 0.2) is 0 Å². The smallest absolute Gasteiger partial charge is 0.262 e. The molecule has 3 rings (SSSR count). The lowest BCUT2D eigenvalue weighted by atomic mass is 10.1. The van der Waals surface area contributed by atoms with Gasteiger partial charge in [-0.05, 0) is 34.5 Å². The third kappa shape index (κ3) is 2.15. The third-order valence-electron chi connectivity index (χ3n) is 3.54. The van der Waals surface area contributed by atoms with Crippen LogP contribution in [0.2, 0.25) is 0 Å². The van der Waals surface area contributed by atoms with Crippen LogP contribution in [-0.4, -0.2) is 26.7 Å². The zero-order chi connectivity index (χ0) is 15.0. The molecule has 1 unspecified atom stereocenters. The number of hydrogen-bond donors (Lipinski definition) is 0. The van der Waals surface area contributed by atoms with E-state index in [9.17, 15) is 9.59 Å². The minimum absolute atomic E-state index is 0.270. The molecule has 0 bridgehead atoms. The van der Waals surface area contributed by atoms with Gasteiger partial charge in [0.05, 0.1) is 27.3 Å². The van der Waals surface area contributed by atoms with E-state index < -0.39 is 6.04 Å². The average molecular weight is 346 g/mol. The molecule has 1 aliphatic rings. The van der Waals surface area contributed by atoms with E-state index in [1.165, 1.54) is 11.2 Å². The monoisotopic (exact) mass is 345 g/mol. The van der Waals surface area contributed by atoms with Crippen molar-refractivity contribution in [3.63, 3.8) is 0 Å². The van der Waals surface area contributed by atoms with Gasteiger partial charge in [0.25, 0.3) is 11.8 Å². The highest BCUT2D eigenvalue weighted by Gasteiger charge is 2.40. The molecule has 0 radical (unpaired) electrons. The molecule has 1 atom stereocenters. The van der Waals surface area contributed by atoms with Crippen molar-refractivity contribution in [2.24, 2.45) is 0 Å². The number of amides is 2. The standard InChI is InChI=1S/C15H12BrN3O2/c1-2-12(13-11(16)7-17-8-18-13)19-14(20)9-5-3-4-6-10(9)15(19)21/h3-8,12H,2H2,1H3. The second kappa shape index (κ2) is 5.37. The molecule has 21 heavy (non-hydrogen) atoms. The maximum Gasteiger partial charge on any atom is 0.262 e. The summed E-state index contributed by atoms with van der Waals surface area (Å²) in [4.78, 5) is 34.5. The molecule has 6 heteroatoms. The molecule has 5 nitrogen and oxygen atoms in total. The first-order valence-electron chi connectivity index (χ1n) is 6.57. The third-order valence-corrected chi connectivity index (χ3v) is 4.15. The van der Waals surface area contributed by atoms with Gasteiger partial charge in [-0.15, -0.1) is 0 Å². The Morgan fingerprint density at radius 1 is 1.19 bits per heavy atom. The van der Waals surface area contributed by atoms with Crippen molar-refractivity contribution in [3.8, 4) is 0 Å². The largest absolute Gasteiger partial charge is 0.269 e. The van der Waals surface area contributed by atoms with Crippen LogP contribution in [0.1, 0.15) is 45.8 Å². The van der Waals surface area contributed by atoms with E-state index >= 15 is 0 Å². The van der Waals surface area contributed by atoms with E-state index in [4.69, 9.17) is 0 Å². The zero-order valence-electron chi connectivity index (χ0n) is 11.3. The van der Waals surface area contributed by atoms with Crippen LogP contribution in [0, 0.1) is 0 Å². The summed E-state index contributed by atoms with van der Waals surface area (Å²) in [7, 11) is 0. The quantitative estimate of drug-likeness (QED) is 0.802. The van der Waals surface area contributed by atoms with Crippen molar-refractivity contribution in [1.29, 1.82) is 0 Å². The Bertz CT molecular complexity index is 697. The van der Waals surface area contributed by atoms with E-state index in [0.29, 0.717) is 27.7 Å². The Labute approximate surface area is 130 Å². The van der Waals surface area contributed by atoms with Crippen LogP contribution in [0.3, 0.4) is 0 Å². The maximum atomic E-state index is 12.5. The Balaban J connectivity index is 2.06. The van der Waals surface area contributed by atoms with Gasteiger partial charge in [0.1, 0.15) is 6.33 Å². The predicted octanol–water partition coefficient (Wildman–Crippen LogP) is 2.99. The summed E-state index contributed by atoms with van der Waals surface area (Å²) in [5.74, 6) is -0.541. The topological polar surface area (TPSA) is 63.2 Å². The summed E-state index contributed by atoms with van der Waals surface area (Å²) < 4.78 is 0.688. The second-order valence-electron chi connectivity index (χ2n) is 4.71. The lowest BCUT2D eigenvalue weighted by Gasteiger charge is -2.25. The number of aromatic nitrogens is 2. The molecule has 0 saturated carbocycles. The average Bonchev–Trinajstić information content (AvgIpc) is 2.76. The predicted molar refractivity (Wildman–Crippen MR) is 79.7 cm³/mol. The summed E-state index contributed by atoms with van der Waals surface area (Å²) in [5, 5.41) is 0. The molecule has 0 N–H and O–H groups in total. The van der Waals surface area contributed by atoms with Crippen molar-refractivity contribution in [2.45, 2.75) is 19.4 Å². The Morgan fingerprint density at radius 2 is 1.81 bits per heavy atom. The van der Waals surface area contributed by atoms with Gasteiger partial charge < -0.3 is 0 Å². The summed E-state index contributed by atoms with van der Waals surface area (Å²) in [6.45, 7) is 1.92. The molecule has 0 aliphatic carbocycles. The van der Waals surface area contributed by atoms with Crippen LogP contribution in [0.15, 0.2) is 41.3 Å². The molecule has 0 saturated heterocycles. The highest BCUT2D eigenvalue weighted by atomic mass is 79.9. The molecule has 2 heterocycles. The lowest BCUT2D eigenvalue weighted by Crippen LogP contribution is -2.34. The molecule has 1 aliphatic heterocycles. The summed E-state index contributed by atoms with van der Waals surface area (Å²) in [6.07, 6.45) is 3.62. The fourth-order valence-corrected chi connectivity index (χ4v) is 3.04. The zero-order valence-corrected chi connectivity index (χ0v) is 12.9. The van der Waals surface area contributed by atoms with Gasteiger partial charge in [-0.2, -0.15) is 0 Å². The van der Waals surface area contributed by atoms with Crippen LogP contribution in [0.4, 0.5) is 0 Å². The maximum absolute atomic E-state index is 12.5. The van der Waals surface area contributed by atoms with E-state index in [2.05, 4.69) is 25.9 Å². The number of hydrogen-bond acceptors (Lipinski definition) is 4. The van der Waals surface area contributed by atoms with Gasteiger partial charge in [-0.25, -0.2) is 9.97 Å². The molecular formula is C15H12BrN3O2. The first kappa shape index (κ1) is 13.9. The minimum atomic E-state index is -0.408. The molecule has 0 spiro atoms. The van der Waals surface area contributed by atoms with E-state index in [1.807, 2.05) is 6.92 Å². The van der Waals surface area contributed by atoms with Crippen LogP contribution >= 0.6 is 15.9 Å². The molecule has 2 aromatic rings. The highest BCUT2D eigenvalue weighted by molar-refractivity contribution is 9.10. The molecular weight excluding hydrogens is 334 g/mol. The van der Waals surface area contributed by atoms with Gasteiger partial charge in [-0.1, -0.05) is 19.1 Å². The number of rotatable bonds is 3. The highest BCUT2D eigenvalue weighted by Crippen LogP contribution is 2.34. The van der Waals surface area contributed by atoms with Crippen LogP contribution < -0.4 is 0 Å². The molecule has 1 aromatic carbocycles. The van der Waals surface area contributed by atoms with Crippen LogP contribution in [0.25, 0.3) is 0 Å². The first-order valence-corrected chi connectivity index (χ1v) is 7.36. The normalized spacial score (nSPS) is 15.2. The molecule has 2 amide bonds. The van der Waals surface area contributed by atoms with Crippen LogP contribution in [0.5, 0.6) is 0 Å². The van der Waals surface area contributed by atoms with E-state index in [0.717, 1.165) is 0 Å². The molecule has 1 aromatic heterocycles. The van der Waals surface area contributed by atoms with Crippen molar-refractivity contribution in [1.82, 2.24) is 14.9 Å². The number of nitrogens with zero attached hydrogens (tertiary/aromatic N) is 3. The molecule has 106 valence electrons. The number of halogens is 1. The van der Waals surface area contributed by atoms with Crippen molar-refractivity contribution in [2.75, 3.05) is 0 Å². The van der Waals surface area contributed by atoms with Gasteiger partial charge in [0.2, 0.25) is 0 Å². The summed E-state index contributed by atoms with van der Waals surface area (Å²) in [5.41, 5.74) is 1.54. The fraction of sp³-hybridized carbons (Fsp3) is 0.200. The number of carbonyl (C=O) groups excluding carboxylic acids is 2. The Kier molecular flexibility index (Phi) is 3.55. The van der Waals surface area contributed by atoms with E-state index in [1.54, 1.807) is 30.5 Å². The Morgan fingerprint density at radius 3 is 2.33 bits per heavy atom. The van der Waals surface area contributed by atoms with Crippen molar-refractivity contribution >= 4 is 27.7 Å². The number of benzene rings is 1. The number of imide groups is 1. The number of carbonyl (C=O) groups is 2. The number of fused-ring (bicyclic) bond motifs is 1. The fourth-order valence-electron chi connectivity index (χ4n) is 2.56. The SMILES string of the molecule is CCC(c1ncncc1Br)N1C(=O)c2ccccc2C1=O. The molecule has 0 fully saturated rings. The summed E-state index contributed by atoms with van der Waals surface area (Å²) >= 11 is 3.39. The minimum Gasteiger partial charge on any atom is -0.269 e. The van der Waals surface area contributed by atoms with Gasteiger partial charge >= 0.3 is 0 Å².